The van der Waals surface area contributed by atoms with E-state index >= 15 is 4.39 Å². The Labute approximate surface area is 203 Å². The van der Waals surface area contributed by atoms with E-state index in [-0.39, 0.29) is 17.9 Å². The first-order valence-corrected chi connectivity index (χ1v) is 11.8. The Balaban J connectivity index is 1.37. The third-order valence-corrected chi connectivity index (χ3v) is 6.29. The van der Waals surface area contributed by atoms with Crippen LogP contribution in [0.2, 0.25) is 0 Å². The average molecular weight is 478 g/mol. The molecule has 4 aromatic rings. The normalized spacial score (nSPS) is 14.6. The maximum absolute atomic E-state index is 15.0. The van der Waals surface area contributed by atoms with Crippen molar-refractivity contribution in [3.63, 3.8) is 0 Å². The quantitative estimate of drug-likeness (QED) is 0.369. The molecule has 5 rings (SSSR count). The molecule has 0 unspecified atom stereocenters. The molecule has 35 heavy (non-hydrogen) atoms. The smallest absolute Gasteiger partial charge is 0.324 e. The molecule has 1 aliphatic heterocycles. The molecule has 0 saturated carbocycles. The zero-order valence-electron chi connectivity index (χ0n) is 20.3. The highest BCUT2D eigenvalue weighted by Gasteiger charge is 2.25. The van der Waals surface area contributed by atoms with E-state index < -0.39 is 5.82 Å². The molecular weight excluding hydrogens is 449 g/mol. The highest BCUT2D eigenvalue weighted by molar-refractivity contribution is 5.97. The van der Waals surface area contributed by atoms with Crippen LogP contribution in [0, 0.1) is 12.7 Å². The number of methoxy groups -OCH3 is 1. The Morgan fingerprint density at radius 1 is 1.14 bits per heavy atom. The molecular formula is C26H28FN5O3. The van der Waals surface area contributed by atoms with Crippen LogP contribution in [-0.4, -0.2) is 46.4 Å². The number of pyridine rings is 2. The van der Waals surface area contributed by atoms with E-state index in [0.717, 1.165) is 42.9 Å². The lowest BCUT2D eigenvalue weighted by molar-refractivity contribution is 0.170. The van der Waals surface area contributed by atoms with Gasteiger partial charge in [0, 0.05) is 60.6 Å². The number of hydrogen-bond donors (Lipinski definition) is 0. The van der Waals surface area contributed by atoms with Crippen molar-refractivity contribution in [3.05, 3.63) is 53.9 Å². The van der Waals surface area contributed by atoms with E-state index in [4.69, 9.17) is 14.0 Å². The fourth-order valence-electron chi connectivity index (χ4n) is 4.42. The summed E-state index contributed by atoms with van der Waals surface area (Å²) in [4.78, 5) is 15.5. The molecule has 0 aliphatic carbocycles. The largest absolute Gasteiger partial charge is 0.490 e. The molecule has 0 spiro atoms. The van der Waals surface area contributed by atoms with Crippen molar-refractivity contribution in [2.75, 3.05) is 25.1 Å². The number of aryl methyl sites for hydroxylation is 1. The molecule has 0 N–H and O–H groups in total. The third-order valence-electron chi connectivity index (χ3n) is 6.29. The second-order valence-electron chi connectivity index (χ2n) is 9.01. The summed E-state index contributed by atoms with van der Waals surface area (Å²) >= 11 is 0. The van der Waals surface area contributed by atoms with Gasteiger partial charge in [0.15, 0.2) is 5.82 Å². The topological polar surface area (TPSA) is 86.4 Å². The first-order chi connectivity index (χ1) is 16.9. The van der Waals surface area contributed by atoms with Gasteiger partial charge in [-0.15, -0.1) is 0 Å². The second-order valence-corrected chi connectivity index (χ2v) is 9.01. The van der Waals surface area contributed by atoms with Crippen LogP contribution in [0.4, 0.5) is 10.4 Å². The van der Waals surface area contributed by atoms with Gasteiger partial charge in [-0.3, -0.25) is 4.98 Å². The van der Waals surface area contributed by atoms with Gasteiger partial charge in [0.25, 0.3) is 0 Å². The summed E-state index contributed by atoms with van der Waals surface area (Å²) in [5.41, 5.74) is 2.29. The van der Waals surface area contributed by atoms with Gasteiger partial charge >= 0.3 is 6.01 Å². The zero-order chi connectivity index (χ0) is 24.5. The lowest BCUT2D eigenvalue weighted by Crippen LogP contribution is -2.38. The summed E-state index contributed by atoms with van der Waals surface area (Å²) in [6, 6.07) is 9.42. The van der Waals surface area contributed by atoms with E-state index in [2.05, 4.69) is 25.0 Å². The van der Waals surface area contributed by atoms with Gasteiger partial charge in [0.2, 0.25) is 5.88 Å². The first kappa shape index (κ1) is 23.0. The molecule has 0 bridgehead atoms. The minimum absolute atomic E-state index is 0.0362. The minimum atomic E-state index is -0.399. The van der Waals surface area contributed by atoms with Crippen LogP contribution in [0.25, 0.3) is 22.0 Å². The van der Waals surface area contributed by atoms with Crippen molar-refractivity contribution in [2.24, 2.45) is 0 Å². The fourth-order valence-corrected chi connectivity index (χ4v) is 4.42. The number of ether oxygens (including phenoxy) is 2. The molecule has 4 heterocycles. The standard InChI is InChI=1S/C26H28FN5O3/c1-15(2)25-30-26(35-31-25)32-12-9-17(10-13-32)34-21-8-11-28-24-18(21)6-5-7-19(24)23-16(3)29-22(33-4)14-20(23)27/h5-8,11,14-15,17H,9-10,12-13H2,1-4H3. The molecule has 1 fully saturated rings. The summed E-state index contributed by atoms with van der Waals surface area (Å²) in [5, 5.41) is 4.90. The molecule has 1 aromatic carbocycles. The molecule has 1 aliphatic rings. The summed E-state index contributed by atoms with van der Waals surface area (Å²) in [6.45, 7) is 7.38. The van der Waals surface area contributed by atoms with Crippen molar-refractivity contribution in [2.45, 2.75) is 45.6 Å². The number of anilines is 1. The Kier molecular flexibility index (Phi) is 6.23. The number of hydrogen-bond acceptors (Lipinski definition) is 8. The van der Waals surface area contributed by atoms with Crippen LogP contribution in [0.3, 0.4) is 0 Å². The first-order valence-electron chi connectivity index (χ1n) is 11.8. The third kappa shape index (κ3) is 4.50. The number of rotatable bonds is 6. The average Bonchev–Trinajstić information content (AvgIpc) is 3.35. The van der Waals surface area contributed by atoms with Gasteiger partial charge in [-0.25, -0.2) is 9.37 Å². The van der Waals surface area contributed by atoms with Gasteiger partial charge in [-0.05, 0) is 19.1 Å². The van der Waals surface area contributed by atoms with E-state index in [1.165, 1.54) is 13.2 Å². The van der Waals surface area contributed by atoms with Crippen molar-refractivity contribution >= 4 is 16.9 Å². The molecule has 3 aromatic heterocycles. The predicted molar refractivity (Wildman–Crippen MR) is 130 cm³/mol. The van der Waals surface area contributed by atoms with Gasteiger partial charge < -0.3 is 18.9 Å². The number of aromatic nitrogens is 4. The Hall–Kier alpha value is -3.75. The molecule has 0 amide bonds. The molecule has 9 heteroatoms. The lowest BCUT2D eigenvalue weighted by atomic mass is 10.00. The summed E-state index contributed by atoms with van der Waals surface area (Å²) < 4.78 is 32.0. The van der Waals surface area contributed by atoms with Gasteiger partial charge in [-0.2, -0.15) is 4.98 Å². The van der Waals surface area contributed by atoms with Crippen LogP contribution in [0.5, 0.6) is 11.6 Å². The zero-order valence-corrected chi connectivity index (χ0v) is 20.3. The monoisotopic (exact) mass is 477 g/mol. The summed E-state index contributed by atoms with van der Waals surface area (Å²) in [6.07, 6.45) is 3.37. The van der Waals surface area contributed by atoms with Crippen molar-refractivity contribution < 1.29 is 18.4 Å². The summed E-state index contributed by atoms with van der Waals surface area (Å²) in [5.74, 6) is 1.52. The van der Waals surface area contributed by atoms with Crippen LogP contribution in [0.15, 0.2) is 41.1 Å². The van der Waals surface area contributed by atoms with E-state index in [0.29, 0.717) is 28.4 Å². The van der Waals surface area contributed by atoms with Crippen molar-refractivity contribution in [3.8, 4) is 22.8 Å². The fraction of sp³-hybridized carbons (Fsp3) is 0.385. The van der Waals surface area contributed by atoms with Crippen LogP contribution in [0.1, 0.15) is 44.1 Å². The minimum Gasteiger partial charge on any atom is -0.490 e. The van der Waals surface area contributed by atoms with E-state index in [9.17, 15) is 0 Å². The Morgan fingerprint density at radius 3 is 2.63 bits per heavy atom. The molecule has 0 atom stereocenters. The molecule has 0 radical (unpaired) electrons. The molecule has 1 saturated heterocycles. The van der Waals surface area contributed by atoms with Gasteiger partial charge in [0.1, 0.15) is 17.7 Å². The number of halogens is 1. The second kappa shape index (κ2) is 9.48. The van der Waals surface area contributed by atoms with Gasteiger partial charge in [0.05, 0.1) is 18.3 Å². The van der Waals surface area contributed by atoms with Crippen molar-refractivity contribution in [1.82, 2.24) is 20.1 Å². The number of para-hydroxylation sites is 1. The highest BCUT2D eigenvalue weighted by atomic mass is 19.1. The molecule has 8 nitrogen and oxygen atoms in total. The van der Waals surface area contributed by atoms with Gasteiger partial charge in [-0.1, -0.05) is 31.1 Å². The SMILES string of the molecule is COc1cc(F)c(-c2cccc3c(OC4CCN(c5nc(C(C)C)no5)CC4)ccnc23)c(C)n1. The Morgan fingerprint density at radius 2 is 1.94 bits per heavy atom. The maximum Gasteiger partial charge on any atom is 0.324 e. The van der Waals surface area contributed by atoms with Crippen LogP contribution in [-0.2, 0) is 0 Å². The number of piperidine rings is 1. The lowest BCUT2D eigenvalue weighted by Gasteiger charge is -2.31. The van der Waals surface area contributed by atoms with E-state index in [1.807, 2.05) is 38.1 Å². The number of benzene rings is 1. The van der Waals surface area contributed by atoms with Crippen LogP contribution >= 0.6 is 0 Å². The Bertz CT molecular complexity index is 1330. The number of nitrogens with zero attached hydrogens (tertiary/aromatic N) is 5. The summed E-state index contributed by atoms with van der Waals surface area (Å²) in [7, 11) is 1.47. The number of fused-ring (bicyclic) bond motifs is 1. The predicted octanol–water partition coefficient (Wildman–Crippen LogP) is 5.31. The van der Waals surface area contributed by atoms with Crippen LogP contribution < -0.4 is 14.4 Å². The van der Waals surface area contributed by atoms with E-state index in [1.54, 1.807) is 13.1 Å². The van der Waals surface area contributed by atoms with Crippen molar-refractivity contribution in [1.29, 1.82) is 0 Å². The highest BCUT2D eigenvalue weighted by Crippen LogP contribution is 2.36. The maximum atomic E-state index is 15.0. The molecule has 182 valence electrons.